The van der Waals surface area contributed by atoms with E-state index in [2.05, 4.69) is 20.8 Å². The van der Waals surface area contributed by atoms with E-state index in [1.165, 1.54) is 0 Å². The topological polar surface area (TPSA) is 38.8 Å². The van der Waals surface area contributed by atoms with Gasteiger partial charge in [-0.05, 0) is 30.9 Å². The lowest BCUT2D eigenvalue weighted by atomic mass is 10.1. The number of hydrogen-bond acceptors (Lipinski definition) is 3. The normalized spacial score (nSPS) is 16.6. The molecule has 1 aliphatic rings. The molecule has 22 heavy (non-hydrogen) atoms. The number of para-hydroxylation sites is 2. The maximum atomic E-state index is 12.4. The number of rotatable bonds is 7. The lowest BCUT2D eigenvalue weighted by molar-refractivity contribution is -0.133. The second-order valence-electron chi connectivity index (χ2n) is 6.27. The summed E-state index contributed by atoms with van der Waals surface area (Å²) in [5.41, 5.74) is 0. The van der Waals surface area contributed by atoms with E-state index in [9.17, 15) is 4.79 Å². The summed E-state index contributed by atoms with van der Waals surface area (Å²) in [6, 6.07) is 7.68. The van der Waals surface area contributed by atoms with Gasteiger partial charge in [-0.1, -0.05) is 32.9 Å². The zero-order chi connectivity index (χ0) is 15.9. The fourth-order valence-corrected chi connectivity index (χ4v) is 2.56. The van der Waals surface area contributed by atoms with Gasteiger partial charge in [-0.3, -0.25) is 4.79 Å². The van der Waals surface area contributed by atoms with Crippen LogP contribution in [-0.4, -0.2) is 36.6 Å². The quantitative estimate of drug-likeness (QED) is 0.774. The van der Waals surface area contributed by atoms with E-state index in [-0.39, 0.29) is 12.0 Å². The molecule has 1 unspecified atom stereocenters. The maximum Gasteiger partial charge on any atom is 0.222 e. The van der Waals surface area contributed by atoms with Crippen molar-refractivity contribution in [2.45, 2.75) is 46.1 Å². The van der Waals surface area contributed by atoms with Crippen LogP contribution in [0.3, 0.4) is 0 Å². The van der Waals surface area contributed by atoms with Crippen LogP contribution >= 0.6 is 0 Å². The van der Waals surface area contributed by atoms with E-state index < -0.39 is 0 Å². The van der Waals surface area contributed by atoms with Gasteiger partial charge >= 0.3 is 0 Å². The molecular formula is C18H27NO3. The van der Waals surface area contributed by atoms with E-state index in [0.717, 1.165) is 30.9 Å². The summed E-state index contributed by atoms with van der Waals surface area (Å²) in [6.07, 6.45) is 2.41. The van der Waals surface area contributed by atoms with Gasteiger partial charge < -0.3 is 14.4 Å². The molecule has 1 amide bonds. The molecule has 4 nitrogen and oxygen atoms in total. The lowest BCUT2D eigenvalue weighted by Gasteiger charge is -2.31. The molecule has 122 valence electrons. The number of nitrogens with zero attached hydrogens (tertiary/aromatic N) is 1. The van der Waals surface area contributed by atoms with Crippen LogP contribution in [0.4, 0.5) is 0 Å². The Kier molecular flexibility index (Phi) is 6.10. The minimum Gasteiger partial charge on any atom is -0.486 e. The monoisotopic (exact) mass is 305 g/mol. The van der Waals surface area contributed by atoms with E-state index in [1.807, 2.05) is 29.2 Å². The SMILES string of the molecule is CCCN(CC1COc2ccccc2O1)C(=O)CCC(C)C. The molecule has 1 heterocycles. The molecule has 1 aliphatic heterocycles. The smallest absolute Gasteiger partial charge is 0.222 e. The van der Waals surface area contributed by atoms with Crippen molar-refractivity contribution in [3.63, 3.8) is 0 Å². The average Bonchev–Trinajstić information content (AvgIpc) is 2.52. The third-order valence-electron chi connectivity index (χ3n) is 3.77. The van der Waals surface area contributed by atoms with Crippen molar-refractivity contribution in [2.75, 3.05) is 19.7 Å². The largest absolute Gasteiger partial charge is 0.486 e. The van der Waals surface area contributed by atoms with Crippen LogP contribution in [0.1, 0.15) is 40.0 Å². The summed E-state index contributed by atoms with van der Waals surface area (Å²) in [4.78, 5) is 14.3. The highest BCUT2D eigenvalue weighted by Gasteiger charge is 2.24. The predicted octanol–water partition coefficient (Wildman–Crippen LogP) is 3.50. The highest BCUT2D eigenvalue weighted by molar-refractivity contribution is 5.76. The van der Waals surface area contributed by atoms with E-state index >= 15 is 0 Å². The van der Waals surface area contributed by atoms with Crippen LogP contribution in [0.25, 0.3) is 0 Å². The maximum absolute atomic E-state index is 12.4. The molecule has 0 N–H and O–H groups in total. The zero-order valence-corrected chi connectivity index (χ0v) is 13.9. The van der Waals surface area contributed by atoms with E-state index in [1.54, 1.807) is 0 Å². The molecule has 0 saturated heterocycles. The minimum atomic E-state index is -0.0931. The standard InChI is InChI=1S/C18H27NO3/c1-4-11-19(18(20)10-9-14(2)3)12-15-13-21-16-7-5-6-8-17(16)22-15/h5-8,14-15H,4,9-13H2,1-3H3. The summed E-state index contributed by atoms with van der Waals surface area (Å²) >= 11 is 0. The van der Waals surface area contributed by atoms with Gasteiger partial charge in [0.05, 0.1) is 6.54 Å². The van der Waals surface area contributed by atoms with Gasteiger partial charge in [0, 0.05) is 13.0 Å². The van der Waals surface area contributed by atoms with Gasteiger partial charge in [-0.25, -0.2) is 0 Å². The first kappa shape index (κ1) is 16.7. The Morgan fingerprint density at radius 2 is 2.05 bits per heavy atom. The number of carbonyl (C=O) groups excluding carboxylic acids is 1. The molecule has 0 aliphatic carbocycles. The Bertz CT molecular complexity index is 487. The molecule has 0 saturated carbocycles. The van der Waals surface area contributed by atoms with Crippen LogP contribution in [0, 0.1) is 5.92 Å². The summed E-state index contributed by atoms with van der Waals surface area (Å²) in [5.74, 6) is 2.32. The predicted molar refractivity (Wildman–Crippen MR) is 87.3 cm³/mol. The van der Waals surface area contributed by atoms with Crippen molar-refractivity contribution in [1.29, 1.82) is 0 Å². The van der Waals surface area contributed by atoms with Gasteiger partial charge in [0.1, 0.15) is 6.61 Å². The number of hydrogen-bond donors (Lipinski definition) is 0. The minimum absolute atomic E-state index is 0.0931. The van der Waals surface area contributed by atoms with Gasteiger partial charge in [0.15, 0.2) is 17.6 Å². The Balaban J connectivity index is 1.92. The Morgan fingerprint density at radius 1 is 1.32 bits per heavy atom. The van der Waals surface area contributed by atoms with E-state index in [0.29, 0.717) is 25.5 Å². The molecule has 0 radical (unpaired) electrons. The molecule has 0 fully saturated rings. The van der Waals surface area contributed by atoms with Crippen molar-refractivity contribution in [3.8, 4) is 11.5 Å². The number of benzene rings is 1. The third-order valence-corrected chi connectivity index (χ3v) is 3.77. The number of carbonyl (C=O) groups is 1. The molecule has 0 spiro atoms. The molecule has 0 aromatic heterocycles. The van der Waals surface area contributed by atoms with Crippen LogP contribution in [-0.2, 0) is 4.79 Å². The number of ether oxygens (including phenoxy) is 2. The Morgan fingerprint density at radius 3 is 2.73 bits per heavy atom. The second-order valence-corrected chi connectivity index (χ2v) is 6.27. The zero-order valence-electron chi connectivity index (χ0n) is 13.9. The summed E-state index contributed by atoms with van der Waals surface area (Å²) < 4.78 is 11.7. The highest BCUT2D eigenvalue weighted by Crippen LogP contribution is 2.31. The van der Waals surface area contributed by atoms with Crippen LogP contribution in [0.15, 0.2) is 24.3 Å². The molecule has 1 aromatic rings. The number of fused-ring (bicyclic) bond motifs is 1. The summed E-state index contributed by atoms with van der Waals surface area (Å²) in [6.45, 7) is 8.25. The van der Waals surface area contributed by atoms with Gasteiger partial charge in [0.25, 0.3) is 0 Å². The van der Waals surface area contributed by atoms with Gasteiger partial charge in [0.2, 0.25) is 5.91 Å². The first-order valence-corrected chi connectivity index (χ1v) is 8.26. The third kappa shape index (κ3) is 4.65. The molecular weight excluding hydrogens is 278 g/mol. The molecule has 4 heteroatoms. The first-order valence-electron chi connectivity index (χ1n) is 8.26. The van der Waals surface area contributed by atoms with Crippen molar-refractivity contribution < 1.29 is 14.3 Å². The molecule has 2 rings (SSSR count). The van der Waals surface area contributed by atoms with Crippen molar-refractivity contribution in [3.05, 3.63) is 24.3 Å². The fourth-order valence-electron chi connectivity index (χ4n) is 2.56. The van der Waals surface area contributed by atoms with Crippen molar-refractivity contribution >= 4 is 5.91 Å². The Hall–Kier alpha value is -1.71. The average molecular weight is 305 g/mol. The number of amides is 1. The Labute approximate surface area is 133 Å². The molecule has 1 aromatic carbocycles. The van der Waals surface area contributed by atoms with Crippen LogP contribution in [0.5, 0.6) is 11.5 Å². The molecule has 0 bridgehead atoms. The van der Waals surface area contributed by atoms with E-state index in [4.69, 9.17) is 9.47 Å². The van der Waals surface area contributed by atoms with Crippen molar-refractivity contribution in [1.82, 2.24) is 4.90 Å². The fraction of sp³-hybridized carbons (Fsp3) is 0.611. The van der Waals surface area contributed by atoms with Crippen LogP contribution < -0.4 is 9.47 Å². The van der Waals surface area contributed by atoms with Crippen LogP contribution in [0.2, 0.25) is 0 Å². The molecule has 1 atom stereocenters. The summed E-state index contributed by atoms with van der Waals surface area (Å²) in [5, 5.41) is 0. The van der Waals surface area contributed by atoms with Crippen molar-refractivity contribution in [2.24, 2.45) is 5.92 Å². The first-order chi connectivity index (χ1) is 10.6. The second kappa shape index (κ2) is 8.06. The lowest BCUT2D eigenvalue weighted by Crippen LogP contribution is -2.44. The summed E-state index contributed by atoms with van der Waals surface area (Å²) in [7, 11) is 0. The van der Waals surface area contributed by atoms with Gasteiger partial charge in [-0.2, -0.15) is 0 Å². The van der Waals surface area contributed by atoms with Gasteiger partial charge in [-0.15, -0.1) is 0 Å². The highest BCUT2D eigenvalue weighted by atomic mass is 16.6.